The lowest BCUT2D eigenvalue weighted by Gasteiger charge is -2.38. The topological polar surface area (TPSA) is 41.8 Å². The molecule has 3 nitrogen and oxygen atoms in total. The van der Waals surface area contributed by atoms with Gasteiger partial charge in [-0.15, -0.1) is 11.6 Å². The van der Waals surface area contributed by atoms with Crippen molar-refractivity contribution in [2.24, 2.45) is 5.16 Å². The zero-order valence-electron chi connectivity index (χ0n) is 10.6. The summed E-state index contributed by atoms with van der Waals surface area (Å²) in [5.74, 6) is 0.110. The van der Waals surface area contributed by atoms with Crippen LogP contribution in [0.5, 0.6) is 0 Å². The Hall–Kier alpha value is -1.13. The first-order valence-corrected chi connectivity index (χ1v) is 6.90. The number of halogens is 2. The molecule has 104 valence electrons. The van der Waals surface area contributed by atoms with Gasteiger partial charge in [-0.2, -0.15) is 0 Å². The first-order valence-electron chi connectivity index (χ1n) is 6.36. The fourth-order valence-corrected chi connectivity index (χ4v) is 2.68. The SMILES string of the molecule is ON=C1CCC(OCCCl)(c2ccccc2F)CC1. The van der Waals surface area contributed by atoms with Gasteiger partial charge < -0.3 is 9.94 Å². The highest BCUT2D eigenvalue weighted by molar-refractivity contribution is 6.17. The summed E-state index contributed by atoms with van der Waals surface area (Å²) in [6.07, 6.45) is 2.41. The number of nitrogens with zero attached hydrogens (tertiary/aromatic N) is 1. The van der Waals surface area contributed by atoms with Crippen molar-refractivity contribution in [3.63, 3.8) is 0 Å². The Kier molecular flexibility index (Phi) is 4.77. The summed E-state index contributed by atoms with van der Waals surface area (Å²) in [5, 5.41) is 12.1. The summed E-state index contributed by atoms with van der Waals surface area (Å²) in [6.45, 7) is 0.376. The van der Waals surface area contributed by atoms with Crippen molar-refractivity contribution in [3.8, 4) is 0 Å². The number of hydrogen-bond donors (Lipinski definition) is 1. The molecule has 0 unspecified atom stereocenters. The minimum atomic E-state index is -0.658. The van der Waals surface area contributed by atoms with Gasteiger partial charge in [0.1, 0.15) is 5.82 Å². The van der Waals surface area contributed by atoms with Gasteiger partial charge in [0.15, 0.2) is 0 Å². The zero-order valence-corrected chi connectivity index (χ0v) is 11.4. The van der Waals surface area contributed by atoms with Crippen molar-refractivity contribution >= 4 is 17.3 Å². The first-order chi connectivity index (χ1) is 9.22. The van der Waals surface area contributed by atoms with E-state index in [4.69, 9.17) is 21.5 Å². The second-order valence-electron chi connectivity index (χ2n) is 4.68. The molecule has 0 heterocycles. The molecular weight excluding hydrogens is 269 g/mol. The Morgan fingerprint density at radius 3 is 2.58 bits per heavy atom. The number of oxime groups is 1. The molecule has 1 aliphatic rings. The molecule has 1 aromatic carbocycles. The number of rotatable bonds is 4. The van der Waals surface area contributed by atoms with Crippen LogP contribution in [0.4, 0.5) is 4.39 Å². The summed E-state index contributed by atoms with van der Waals surface area (Å²) in [4.78, 5) is 0. The van der Waals surface area contributed by atoms with Crippen molar-refractivity contribution in [1.82, 2.24) is 0 Å². The zero-order chi connectivity index (χ0) is 13.7. The van der Waals surface area contributed by atoms with E-state index in [0.29, 0.717) is 43.7 Å². The third-order valence-electron chi connectivity index (χ3n) is 3.60. The van der Waals surface area contributed by atoms with Gasteiger partial charge >= 0.3 is 0 Å². The van der Waals surface area contributed by atoms with Crippen LogP contribution in [0.15, 0.2) is 29.4 Å². The lowest BCUT2D eigenvalue weighted by atomic mass is 9.78. The molecule has 0 bridgehead atoms. The third kappa shape index (κ3) is 3.07. The maximum Gasteiger partial charge on any atom is 0.129 e. The standard InChI is InChI=1S/C14H17ClFNO2/c15-9-10-19-14(7-5-11(17-18)6-8-14)12-3-1-2-4-13(12)16/h1-4,18H,5-10H2. The maximum absolute atomic E-state index is 14.0. The predicted molar refractivity (Wildman–Crippen MR) is 72.4 cm³/mol. The Morgan fingerprint density at radius 1 is 1.32 bits per heavy atom. The molecule has 0 amide bonds. The van der Waals surface area contributed by atoms with Gasteiger partial charge in [-0.1, -0.05) is 23.4 Å². The lowest BCUT2D eigenvalue weighted by molar-refractivity contribution is -0.0606. The number of benzene rings is 1. The van der Waals surface area contributed by atoms with Gasteiger partial charge in [0, 0.05) is 11.4 Å². The Labute approximate surface area is 117 Å². The molecule has 19 heavy (non-hydrogen) atoms. The highest BCUT2D eigenvalue weighted by Gasteiger charge is 2.38. The van der Waals surface area contributed by atoms with Crippen LogP contribution in [0.25, 0.3) is 0 Å². The molecule has 0 saturated heterocycles. The van der Waals surface area contributed by atoms with E-state index >= 15 is 0 Å². The molecule has 1 saturated carbocycles. The van der Waals surface area contributed by atoms with Crippen LogP contribution in [0.2, 0.25) is 0 Å². The average Bonchev–Trinajstić information content (AvgIpc) is 2.46. The number of ether oxygens (including phenoxy) is 1. The molecule has 0 atom stereocenters. The molecule has 1 fully saturated rings. The van der Waals surface area contributed by atoms with Crippen LogP contribution in [-0.4, -0.2) is 23.4 Å². The maximum atomic E-state index is 14.0. The van der Waals surface area contributed by atoms with Gasteiger partial charge in [0.25, 0.3) is 0 Å². The van der Waals surface area contributed by atoms with Crippen LogP contribution in [-0.2, 0) is 10.3 Å². The highest BCUT2D eigenvalue weighted by Crippen LogP contribution is 2.40. The van der Waals surface area contributed by atoms with Crippen molar-refractivity contribution < 1.29 is 14.3 Å². The summed E-state index contributed by atoms with van der Waals surface area (Å²) >= 11 is 5.68. The largest absolute Gasteiger partial charge is 0.411 e. The quantitative estimate of drug-likeness (QED) is 0.521. The van der Waals surface area contributed by atoms with Crippen LogP contribution in [0.3, 0.4) is 0 Å². The van der Waals surface area contributed by atoms with Crippen LogP contribution < -0.4 is 0 Å². The van der Waals surface area contributed by atoms with E-state index in [0.717, 1.165) is 5.71 Å². The van der Waals surface area contributed by atoms with Gasteiger partial charge in [-0.25, -0.2) is 4.39 Å². The van der Waals surface area contributed by atoms with E-state index in [2.05, 4.69) is 5.16 Å². The summed E-state index contributed by atoms with van der Waals surface area (Å²) in [7, 11) is 0. The van der Waals surface area contributed by atoms with Gasteiger partial charge in [0.05, 0.1) is 17.9 Å². The second-order valence-corrected chi connectivity index (χ2v) is 5.06. The fourth-order valence-electron chi connectivity index (χ4n) is 2.60. The molecule has 1 N–H and O–H groups in total. The normalized spacial score (nSPS) is 23.4. The Bertz CT molecular complexity index is 455. The Morgan fingerprint density at radius 2 is 2.00 bits per heavy atom. The van der Waals surface area contributed by atoms with E-state index < -0.39 is 5.60 Å². The van der Waals surface area contributed by atoms with Gasteiger partial charge in [-0.3, -0.25) is 0 Å². The molecule has 5 heteroatoms. The summed E-state index contributed by atoms with van der Waals surface area (Å²) < 4.78 is 19.9. The van der Waals surface area contributed by atoms with Crippen molar-refractivity contribution in [1.29, 1.82) is 0 Å². The van der Waals surface area contributed by atoms with E-state index in [9.17, 15) is 4.39 Å². The molecular formula is C14H17ClFNO2. The molecule has 1 aliphatic carbocycles. The van der Waals surface area contributed by atoms with E-state index in [1.165, 1.54) is 6.07 Å². The van der Waals surface area contributed by atoms with Gasteiger partial charge in [0.2, 0.25) is 0 Å². The first kappa shape index (κ1) is 14.3. The monoisotopic (exact) mass is 285 g/mol. The van der Waals surface area contributed by atoms with Crippen molar-refractivity contribution in [2.75, 3.05) is 12.5 Å². The average molecular weight is 286 g/mol. The molecule has 1 aromatic rings. The smallest absolute Gasteiger partial charge is 0.129 e. The minimum absolute atomic E-state index is 0.263. The predicted octanol–water partition coefficient (Wildman–Crippen LogP) is 3.68. The molecule has 0 aliphatic heterocycles. The number of hydrogen-bond acceptors (Lipinski definition) is 3. The lowest BCUT2D eigenvalue weighted by Crippen LogP contribution is -2.36. The van der Waals surface area contributed by atoms with Crippen LogP contribution in [0, 0.1) is 5.82 Å². The number of alkyl halides is 1. The summed E-state index contributed by atoms with van der Waals surface area (Å²) in [5.41, 5.74) is 0.646. The molecule has 0 spiro atoms. The highest BCUT2D eigenvalue weighted by atomic mass is 35.5. The second kappa shape index (κ2) is 6.35. The van der Waals surface area contributed by atoms with Gasteiger partial charge in [-0.05, 0) is 31.7 Å². The summed E-state index contributed by atoms with van der Waals surface area (Å²) in [6, 6.07) is 6.67. The van der Waals surface area contributed by atoms with E-state index in [-0.39, 0.29) is 5.82 Å². The van der Waals surface area contributed by atoms with Crippen LogP contribution in [0.1, 0.15) is 31.2 Å². The van der Waals surface area contributed by atoms with Crippen molar-refractivity contribution in [3.05, 3.63) is 35.6 Å². The Balaban J connectivity index is 2.28. The van der Waals surface area contributed by atoms with E-state index in [1.807, 2.05) is 0 Å². The molecule has 2 rings (SSSR count). The molecule has 0 radical (unpaired) electrons. The third-order valence-corrected chi connectivity index (χ3v) is 3.75. The van der Waals surface area contributed by atoms with Crippen molar-refractivity contribution in [2.45, 2.75) is 31.3 Å². The fraction of sp³-hybridized carbons (Fsp3) is 0.500. The minimum Gasteiger partial charge on any atom is -0.411 e. The van der Waals surface area contributed by atoms with Crippen LogP contribution >= 0.6 is 11.6 Å². The van der Waals surface area contributed by atoms with E-state index in [1.54, 1.807) is 18.2 Å². The molecule has 0 aromatic heterocycles.